The van der Waals surface area contributed by atoms with Crippen molar-refractivity contribution in [3.63, 3.8) is 0 Å². The summed E-state index contributed by atoms with van der Waals surface area (Å²) in [7, 11) is 2.84. The monoisotopic (exact) mass is 433 g/mol. The first-order chi connectivity index (χ1) is 13.9. The van der Waals surface area contributed by atoms with Crippen LogP contribution in [0.1, 0.15) is 26.4 Å². The molecule has 0 aliphatic rings. The average Bonchev–Trinajstić information content (AvgIpc) is 3.08. The smallest absolute Gasteiger partial charge is 0.358 e. The number of hydrogen-bond acceptors (Lipinski definition) is 5. The topological polar surface area (TPSA) is 82.4 Å². The quantitative estimate of drug-likeness (QED) is 0.584. The fourth-order valence-corrected chi connectivity index (χ4v) is 2.97. The van der Waals surface area contributed by atoms with E-state index in [1.807, 2.05) is 6.07 Å². The van der Waals surface area contributed by atoms with Crippen molar-refractivity contribution in [1.29, 1.82) is 0 Å². The maximum Gasteiger partial charge on any atom is 0.358 e. The molecule has 3 aromatic rings. The number of halogens is 2. The van der Waals surface area contributed by atoms with Crippen molar-refractivity contribution in [1.82, 2.24) is 9.78 Å². The van der Waals surface area contributed by atoms with Crippen LogP contribution in [0.4, 0.5) is 5.69 Å². The summed E-state index contributed by atoms with van der Waals surface area (Å²) in [6.45, 7) is 0.196. The van der Waals surface area contributed by atoms with Crippen LogP contribution >= 0.6 is 23.2 Å². The first-order valence-corrected chi connectivity index (χ1v) is 9.23. The molecule has 1 amide bonds. The molecular weight excluding hydrogens is 417 g/mol. The van der Waals surface area contributed by atoms with Crippen molar-refractivity contribution in [2.75, 3.05) is 12.4 Å². The Morgan fingerprint density at radius 3 is 2.69 bits per heavy atom. The van der Waals surface area contributed by atoms with Gasteiger partial charge in [0.25, 0.3) is 5.91 Å². The number of amides is 1. The van der Waals surface area contributed by atoms with Crippen molar-refractivity contribution >= 4 is 40.8 Å². The van der Waals surface area contributed by atoms with Crippen molar-refractivity contribution in [3.8, 4) is 5.75 Å². The Hall–Kier alpha value is -3.03. The molecule has 0 saturated heterocycles. The number of hydrogen-bond donors (Lipinski definition) is 1. The SMILES string of the molecule is COC(=O)c1c(NC(=O)c2cccc(COc3cccc(Cl)c3Cl)c2)cnn1C. The van der Waals surface area contributed by atoms with Gasteiger partial charge >= 0.3 is 5.97 Å². The van der Waals surface area contributed by atoms with E-state index in [1.54, 1.807) is 43.4 Å². The lowest BCUT2D eigenvalue weighted by molar-refractivity contribution is 0.0589. The van der Waals surface area contributed by atoms with Gasteiger partial charge < -0.3 is 14.8 Å². The highest BCUT2D eigenvalue weighted by Gasteiger charge is 2.19. The van der Waals surface area contributed by atoms with Crippen LogP contribution in [0.15, 0.2) is 48.7 Å². The third-order valence-electron chi connectivity index (χ3n) is 4.07. The van der Waals surface area contributed by atoms with Crippen LogP contribution < -0.4 is 10.1 Å². The summed E-state index contributed by atoms with van der Waals surface area (Å²) in [5, 5.41) is 7.39. The highest BCUT2D eigenvalue weighted by atomic mass is 35.5. The summed E-state index contributed by atoms with van der Waals surface area (Å²) in [6, 6.07) is 12.0. The van der Waals surface area contributed by atoms with Gasteiger partial charge in [0.2, 0.25) is 0 Å². The molecule has 7 nitrogen and oxygen atoms in total. The number of carbonyl (C=O) groups is 2. The summed E-state index contributed by atoms with van der Waals surface area (Å²) in [4.78, 5) is 24.5. The van der Waals surface area contributed by atoms with E-state index >= 15 is 0 Å². The van der Waals surface area contributed by atoms with Gasteiger partial charge in [-0.05, 0) is 29.8 Å². The number of aromatic nitrogens is 2. The fraction of sp³-hybridized carbons (Fsp3) is 0.150. The van der Waals surface area contributed by atoms with Crippen molar-refractivity contribution < 1.29 is 19.1 Å². The number of anilines is 1. The standard InChI is InChI=1S/C20H17Cl2N3O4/c1-25-18(20(27)28-2)15(10-23-25)24-19(26)13-6-3-5-12(9-13)11-29-16-8-4-7-14(21)17(16)22/h3-10H,11H2,1-2H3,(H,24,26). The van der Waals surface area contributed by atoms with E-state index in [0.717, 1.165) is 5.56 Å². The molecule has 0 aliphatic heterocycles. The summed E-state index contributed by atoms with van der Waals surface area (Å²) in [5.74, 6) is -0.543. The lowest BCUT2D eigenvalue weighted by atomic mass is 10.1. The molecule has 1 N–H and O–H groups in total. The molecule has 0 radical (unpaired) electrons. The Balaban J connectivity index is 1.73. The predicted molar refractivity (Wildman–Crippen MR) is 110 cm³/mol. The molecule has 1 aromatic heterocycles. The van der Waals surface area contributed by atoms with Crippen LogP contribution in [0.3, 0.4) is 0 Å². The molecular formula is C20H17Cl2N3O4. The molecule has 150 valence electrons. The summed E-state index contributed by atoms with van der Waals surface area (Å²) in [6.07, 6.45) is 1.39. The Morgan fingerprint density at radius 2 is 1.93 bits per heavy atom. The van der Waals surface area contributed by atoms with Gasteiger partial charge in [0.15, 0.2) is 5.69 Å². The maximum atomic E-state index is 12.6. The third-order valence-corrected chi connectivity index (χ3v) is 4.87. The van der Waals surface area contributed by atoms with E-state index in [0.29, 0.717) is 21.4 Å². The summed E-state index contributed by atoms with van der Waals surface area (Å²) >= 11 is 12.1. The van der Waals surface area contributed by atoms with Gasteiger partial charge in [0, 0.05) is 12.6 Å². The van der Waals surface area contributed by atoms with Gasteiger partial charge in [-0.15, -0.1) is 0 Å². The number of aryl methyl sites for hydroxylation is 1. The average molecular weight is 434 g/mol. The number of rotatable bonds is 6. The molecule has 29 heavy (non-hydrogen) atoms. The second-order valence-electron chi connectivity index (χ2n) is 6.02. The minimum absolute atomic E-state index is 0.149. The maximum absolute atomic E-state index is 12.6. The van der Waals surface area contributed by atoms with E-state index in [2.05, 4.69) is 10.4 Å². The van der Waals surface area contributed by atoms with Crippen LogP contribution in [0.5, 0.6) is 5.75 Å². The number of nitrogens with zero attached hydrogens (tertiary/aromatic N) is 2. The number of benzene rings is 2. The third kappa shape index (κ3) is 4.70. The second kappa shape index (κ2) is 8.98. The highest BCUT2D eigenvalue weighted by Crippen LogP contribution is 2.32. The minimum atomic E-state index is -0.596. The van der Waals surface area contributed by atoms with Crippen LogP contribution in [0.2, 0.25) is 10.0 Å². The Labute approximate surface area is 177 Å². The Morgan fingerprint density at radius 1 is 1.17 bits per heavy atom. The number of carbonyl (C=O) groups excluding carboxylic acids is 2. The van der Waals surface area contributed by atoms with Gasteiger partial charge in [0.05, 0.1) is 24.0 Å². The lowest BCUT2D eigenvalue weighted by Crippen LogP contribution is -2.16. The predicted octanol–water partition coefficient (Wildman–Crippen LogP) is 4.34. The number of ether oxygens (including phenoxy) is 2. The van der Waals surface area contributed by atoms with Gasteiger partial charge in [-0.25, -0.2) is 4.79 Å². The van der Waals surface area contributed by atoms with E-state index < -0.39 is 11.9 Å². The van der Waals surface area contributed by atoms with Crippen molar-refractivity contribution in [2.24, 2.45) is 7.05 Å². The molecule has 2 aromatic carbocycles. The van der Waals surface area contributed by atoms with E-state index in [1.165, 1.54) is 18.0 Å². The van der Waals surface area contributed by atoms with Crippen molar-refractivity contribution in [2.45, 2.75) is 6.61 Å². The van der Waals surface area contributed by atoms with Crippen LogP contribution in [-0.4, -0.2) is 28.8 Å². The molecule has 0 saturated carbocycles. The molecule has 0 bridgehead atoms. The van der Waals surface area contributed by atoms with Gasteiger partial charge in [-0.3, -0.25) is 9.48 Å². The largest absolute Gasteiger partial charge is 0.487 e. The molecule has 0 spiro atoms. The Bertz CT molecular complexity index is 1070. The zero-order chi connectivity index (χ0) is 21.0. The lowest BCUT2D eigenvalue weighted by Gasteiger charge is -2.10. The molecule has 3 rings (SSSR count). The molecule has 0 unspecified atom stereocenters. The van der Waals surface area contributed by atoms with Crippen LogP contribution in [0.25, 0.3) is 0 Å². The van der Waals surface area contributed by atoms with Gasteiger partial charge in [-0.2, -0.15) is 5.10 Å². The highest BCUT2D eigenvalue weighted by molar-refractivity contribution is 6.42. The molecule has 0 aliphatic carbocycles. The van der Waals surface area contributed by atoms with Crippen LogP contribution in [0, 0.1) is 0 Å². The minimum Gasteiger partial charge on any atom is -0.487 e. The zero-order valence-electron chi connectivity index (χ0n) is 15.6. The zero-order valence-corrected chi connectivity index (χ0v) is 17.1. The number of methoxy groups -OCH3 is 1. The van der Waals surface area contributed by atoms with E-state index in [-0.39, 0.29) is 18.0 Å². The van der Waals surface area contributed by atoms with Crippen LogP contribution in [-0.2, 0) is 18.4 Å². The summed E-state index contributed by atoms with van der Waals surface area (Å²) in [5.41, 5.74) is 1.56. The van der Waals surface area contributed by atoms with Gasteiger partial charge in [0.1, 0.15) is 17.4 Å². The molecule has 9 heteroatoms. The normalized spacial score (nSPS) is 10.5. The number of esters is 1. The Kier molecular flexibility index (Phi) is 6.41. The van der Waals surface area contributed by atoms with Gasteiger partial charge in [-0.1, -0.05) is 41.4 Å². The summed E-state index contributed by atoms with van der Waals surface area (Å²) < 4.78 is 11.8. The van der Waals surface area contributed by atoms with E-state index in [9.17, 15) is 9.59 Å². The first kappa shape index (κ1) is 20.7. The first-order valence-electron chi connectivity index (χ1n) is 8.48. The van der Waals surface area contributed by atoms with E-state index in [4.69, 9.17) is 32.7 Å². The molecule has 1 heterocycles. The fourth-order valence-electron chi connectivity index (χ4n) is 2.62. The van der Waals surface area contributed by atoms with Crippen molar-refractivity contribution in [3.05, 3.63) is 75.5 Å². The molecule has 0 atom stereocenters. The second-order valence-corrected chi connectivity index (χ2v) is 6.80. The number of nitrogens with one attached hydrogen (secondary N) is 1. The molecule has 0 fully saturated rings.